The fourth-order valence-corrected chi connectivity index (χ4v) is 3.53. The van der Waals surface area contributed by atoms with Crippen molar-refractivity contribution in [3.05, 3.63) is 71.0 Å². The highest BCUT2D eigenvalue weighted by Crippen LogP contribution is 2.24. The standard InChI is InChI=1S/C18H17ClN4O3S/c1-12-8-9-23(22-12)16-7-6-14(11-17(16)27(20,25)26)21-18(24)10-13-4-2-3-5-15(13)19/h2-9,11H,10H2,1H3,(H,21,24)(H2,20,25,26). The minimum atomic E-state index is -4.03. The van der Waals surface area contributed by atoms with Crippen molar-refractivity contribution in [2.45, 2.75) is 18.2 Å². The number of nitrogens with one attached hydrogen (secondary N) is 1. The van der Waals surface area contributed by atoms with Crippen molar-refractivity contribution < 1.29 is 13.2 Å². The highest BCUT2D eigenvalue weighted by atomic mass is 35.5. The molecular formula is C18H17ClN4O3S. The lowest BCUT2D eigenvalue weighted by Gasteiger charge is -2.12. The number of aryl methyl sites for hydroxylation is 1. The van der Waals surface area contributed by atoms with Gasteiger partial charge in [0.2, 0.25) is 15.9 Å². The second kappa shape index (κ2) is 7.51. The zero-order valence-corrected chi connectivity index (χ0v) is 16.0. The maximum atomic E-state index is 12.3. The van der Waals surface area contributed by atoms with E-state index in [0.29, 0.717) is 22.0 Å². The quantitative estimate of drug-likeness (QED) is 0.681. The molecule has 3 rings (SSSR count). The number of benzene rings is 2. The van der Waals surface area contributed by atoms with E-state index in [4.69, 9.17) is 16.7 Å². The molecule has 0 fully saturated rings. The number of halogens is 1. The summed E-state index contributed by atoms with van der Waals surface area (Å²) in [5, 5.41) is 12.7. The molecule has 140 valence electrons. The van der Waals surface area contributed by atoms with Crippen LogP contribution < -0.4 is 10.5 Å². The highest BCUT2D eigenvalue weighted by molar-refractivity contribution is 7.89. The molecule has 1 heterocycles. The van der Waals surface area contributed by atoms with Crippen molar-refractivity contribution in [3.63, 3.8) is 0 Å². The summed E-state index contributed by atoms with van der Waals surface area (Å²) in [6, 6.07) is 13.2. The number of primary sulfonamides is 1. The van der Waals surface area contributed by atoms with Crippen molar-refractivity contribution in [2.75, 3.05) is 5.32 Å². The van der Waals surface area contributed by atoms with Crippen molar-refractivity contribution in [1.29, 1.82) is 0 Å². The minimum Gasteiger partial charge on any atom is -0.326 e. The Labute approximate surface area is 161 Å². The van der Waals surface area contributed by atoms with Crippen LogP contribution in [-0.2, 0) is 21.2 Å². The number of hydrogen-bond acceptors (Lipinski definition) is 4. The van der Waals surface area contributed by atoms with Crippen LogP contribution >= 0.6 is 11.6 Å². The molecule has 0 spiro atoms. The Balaban J connectivity index is 1.89. The smallest absolute Gasteiger partial charge is 0.240 e. The lowest BCUT2D eigenvalue weighted by molar-refractivity contribution is -0.115. The van der Waals surface area contributed by atoms with Gasteiger partial charge in [0.25, 0.3) is 0 Å². The topological polar surface area (TPSA) is 107 Å². The summed E-state index contributed by atoms with van der Waals surface area (Å²) < 4.78 is 25.4. The number of aromatic nitrogens is 2. The maximum absolute atomic E-state index is 12.3. The number of rotatable bonds is 5. The van der Waals surface area contributed by atoms with Crippen LogP contribution in [0, 0.1) is 6.92 Å². The number of carbonyl (C=O) groups is 1. The Bertz CT molecular complexity index is 1110. The molecular weight excluding hydrogens is 388 g/mol. The SMILES string of the molecule is Cc1ccn(-c2ccc(NC(=O)Cc3ccccc3Cl)cc2S(N)(=O)=O)n1. The molecule has 0 aliphatic heterocycles. The summed E-state index contributed by atoms with van der Waals surface area (Å²) in [6.45, 7) is 1.79. The Morgan fingerprint density at radius 2 is 1.96 bits per heavy atom. The van der Waals surface area contributed by atoms with Crippen LogP contribution in [0.15, 0.2) is 59.6 Å². The average Bonchev–Trinajstić information content (AvgIpc) is 3.02. The van der Waals surface area contributed by atoms with Gasteiger partial charge in [-0.3, -0.25) is 4.79 Å². The number of nitrogens with two attached hydrogens (primary N) is 1. The van der Waals surface area contributed by atoms with E-state index in [9.17, 15) is 13.2 Å². The predicted octanol–water partition coefficient (Wildman–Crippen LogP) is 2.66. The van der Waals surface area contributed by atoms with E-state index in [2.05, 4.69) is 10.4 Å². The molecule has 3 N–H and O–H groups in total. The molecule has 3 aromatic rings. The number of hydrogen-bond donors (Lipinski definition) is 2. The van der Waals surface area contributed by atoms with E-state index in [1.807, 2.05) is 0 Å². The summed E-state index contributed by atoms with van der Waals surface area (Å²) in [5.41, 5.74) is 2.01. The summed E-state index contributed by atoms with van der Waals surface area (Å²) in [7, 11) is -4.03. The molecule has 0 unspecified atom stereocenters. The Kier molecular flexibility index (Phi) is 5.31. The number of carbonyl (C=O) groups excluding carboxylic acids is 1. The van der Waals surface area contributed by atoms with Crippen LogP contribution in [0.2, 0.25) is 5.02 Å². The zero-order chi connectivity index (χ0) is 19.6. The zero-order valence-electron chi connectivity index (χ0n) is 14.4. The first-order valence-electron chi connectivity index (χ1n) is 7.97. The monoisotopic (exact) mass is 404 g/mol. The summed E-state index contributed by atoms with van der Waals surface area (Å²) in [5.74, 6) is -0.328. The molecule has 27 heavy (non-hydrogen) atoms. The number of nitrogens with zero attached hydrogens (tertiary/aromatic N) is 2. The van der Waals surface area contributed by atoms with Gasteiger partial charge in [0, 0.05) is 16.9 Å². The van der Waals surface area contributed by atoms with Gasteiger partial charge in [-0.05, 0) is 42.8 Å². The van der Waals surface area contributed by atoms with Crippen LogP contribution in [-0.4, -0.2) is 24.1 Å². The van der Waals surface area contributed by atoms with E-state index >= 15 is 0 Å². The molecule has 0 atom stereocenters. The molecule has 2 aromatic carbocycles. The van der Waals surface area contributed by atoms with Gasteiger partial charge in [0.15, 0.2) is 0 Å². The Morgan fingerprint density at radius 3 is 2.59 bits per heavy atom. The maximum Gasteiger partial charge on any atom is 0.240 e. The first-order valence-corrected chi connectivity index (χ1v) is 9.89. The molecule has 7 nitrogen and oxygen atoms in total. The van der Waals surface area contributed by atoms with Crippen molar-refractivity contribution in [2.24, 2.45) is 5.14 Å². The largest absolute Gasteiger partial charge is 0.326 e. The van der Waals surface area contributed by atoms with Crippen molar-refractivity contribution in [3.8, 4) is 5.69 Å². The third-order valence-electron chi connectivity index (χ3n) is 3.83. The molecule has 0 saturated carbocycles. The second-order valence-corrected chi connectivity index (χ2v) is 7.88. The summed E-state index contributed by atoms with van der Waals surface area (Å²) >= 11 is 6.06. The van der Waals surface area contributed by atoms with Gasteiger partial charge in [-0.1, -0.05) is 29.8 Å². The van der Waals surface area contributed by atoms with Gasteiger partial charge in [0.05, 0.1) is 17.8 Å². The lowest BCUT2D eigenvalue weighted by Crippen LogP contribution is -2.18. The first kappa shape index (κ1) is 19.1. The normalized spacial score (nSPS) is 11.4. The van der Waals surface area contributed by atoms with Gasteiger partial charge in [-0.15, -0.1) is 0 Å². The fraction of sp³-hybridized carbons (Fsp3) is 0.111. The third-order valence-corrected chi connectivity index (χ3v) is 5.14. The third kappa shape index (κ3) is 4.54. The minimum absolute atomic E-state index is 0.0600. The van der Waals surface area contributed by atoms with Gasteiger partial charge < -0.3 is 5.32 Å². The number of anilines is 1. The molecule has 0 bridgehead atoms. The molecule has 0 radical (unpaired) electrons. The van der Waals surface area contributed by atoms with Crippen LogP contribution in [0.5, 0.6) is 0 Å². The molecule has 0 aliphatic carbocycles. The van der Waals surface area contributed by atoms with Crippen LogP contribution in [0.4, 0.5) is 5.69 Å². The molecule has 0 saturated heterocycles. The lowest BCUT2D eigenvalue weighted by atomic mass is 10.1. The van der Waals surface area contributed by atoms with Gasteiger partial charge in [-0.2, -0.15) is 5.10 Å². The molecule has 1 amide bonds. The van der Waals surface area contributed by atoms with Crippen LogP contribution in [0.25, 0.3) is 5.69 Å². The molecule has 0 aliphatic rings. The van der Waals surface area contributed by atoms with E-state index in [1.165, 1.54) is 16.8 Å². The Morgan fingerprint density at radius 1 is 1.22 bits per heavy atom. The van der Waals surface area contributed by atoms with Crippen LogP contribution in [0.1, 0.15) is 11.3 Å². The van der Waals surface area contributed by atoms with E-state index in [1.54, 1.807) is 49.5 Å². The van der Waals surface area contributed by atoms with Gasteiger partial charge >= 0.3 is 0 Å². The van der Waals surface area contributed by atoms with E-state index in [0.717, 1.165) is 5.69 Å². The number of sulfonamides is 1. The average molecular weight is 405 g/mol. The predicted molar refractivity (Wildman–Crippen MR) is 103 cm³/mol. The second-order valence-electron chi connectivity index (χ2n) is 5.95. The van der Waals surface area contributed by atoms with Crippen molar-refractivity contribution in [1.82, 2.24) is 9.78 Å². The Hall–Kier alpha value is -2.68. The first-order chi connectivity index (χ1) is 12.7. The van der Waals surface area contributed by atoms with E-state index in [-0.39, 0.29) is 17.2 Å². The van der Waals surface area contributed by atoms with E-state index < -0.39 is 10.0 Å². The van der Waals surface area contributed by atoms with Gasteiger partial charge in [-0.25, -0.2) is 18.2 Å². The van der Waals surface area contributed by atoms with Crippen molar-refractivity contribution >= 4 is 33.2 Å². The summed E-state index contributed by atoms with van der Waals surface area (Å²) in [4.78, 5) is 12.1. The molecule has 9 heteroatoms. The van der Waals surface area contributed by atoms with Crippen LogP contribution in [0.3, 0.4) is 0 Å². The molecule has 1 aromatic heterocycles. The van der Waals surface area contributed by atoms with Gasteiger partial charge in [0.1, 0.15) is 4.90 Å². The summed E-state index contributed by atoms with van der Waals surface area (Å²) in [6.07, 6.45) is 1.69. The fourth-order valence-electron chi connectivity index (χ4n) is 2.58. The highest BCUT2D eigenvalue weighted by Gasteiger charge is 2.18. The number of amides is 1.